The van der Waals surface area contributed by atoms with Crippen LogP contribution in [0.1, 0.15) is 17.3 Å². The molecule has 1 aromatic carbocycles. The molecule has 0 saturated carbocycles. The van der Waals surface area contributed by atoms with Gasteiger partial charge in [-0.3, -0.25) is 19.3 Å². The van der Waals surface area contributed by atoms with Crippen LogP contribution < -0.4 is 5.32 Å². The van der Waals surface area contributed by atoms with Gasteiger partial charge in [0, 0.05) is 18.2 Å². The summed E-state index contributed by atoms with van der Waals surface area (Å²) in [5.74, 6) is -3.76. The molecule has 2 heterocycles. The summed E-state index contributed by atoms with van der Waals surface area (Å²) in [5, 5.41) is 11.3. The Balaban J connectivity index is 1.77. The molecule has 0 unspecified atom stereocenters. The van der Waals surface area contributed by atoms with Gasteiger partial charge in [0.05, 0.1) is 5.56 Å². The molecule has 1 fully saturated rings. The SMILES string of the molecule is CC(=O)OCC1=C(C(=O)O)N2C(=O)[C@H](NC(=O)c3ccccc3F)[C@H]2SC1. The molecule has 27 heavy (non-hydrogen) atoms. The molecule has 8 nitrogen and oxygen atoms in total. The summed E-state index contributed by atoms with van der Waals surface area (Å²) < 4.78 is 18.6. The molecule has 142 valence electrons. The van der Waals surface area contributed by atoms with E-state index in [2.05, 4.69) is 5.32 Å². The Bertz CT molecular complexity index is 871. The summed E-state index contributed by atoms with van der Waals surface area (Å²) in [4.78, 5) is 48.3. The predicted molar refractivity (Wildman–Crippen MR) is 92.0 cm³/mol. The molecule has 2 aliphatic heterocycles. The van der Waals surface area contributed by atoms with Crippen molar-refractivity contribution in [3.05, 3.63) is 46.9 Å². The van der Waals surface area contributed by atoms with Crippen molar-refractivity contribution in [2.45, 2.75) is 18.3 Å². The number of carbonyl (C=O) groups is 4. The summed E-state index contributed by atoms with van der Waals surface area (Å²) in [6.45, 7) is 0.968. The molecule has 10 heteroatoms. The summed E-state index contributed by atoms with van der Waals surface area (Å²) in [7, 11) is 0. The monoisotopic (exact) mass is 394 g/mol. The lowest BCUT2D eigenvalue weighted by molar-refractivity contribution is -0.149. The highest BCUT2D eigenvalue weighted by Gasteiger charge is 2.54. The first-order valence-electron chi connectivity index (χ1n) is 7.90. The number of carbonyl (C=O) groups excluding carboxylic acids is 3. The number of carboxylic acids is 1. The molecule has 0 aliphatic carbocycles. The van der Waals surface area contributed by atoms with Crippen molar-refractivity contribution in [2.24, 2.45) is 0 Å². The molecule has 3 rings (SSSR count). The van der Waals surface area contributed by atoms with Crippen molar-refractivity contribution in [1.29, 1.82) is 0 Å². The van der Waals surface area contributed by atoms with Crippen LogP contribution in [0.5, 0.6) is 0 Å². The predicted octanol–water partition coefficient (Wildman–Crippen LogP) is 0.741. The van der Waals surface area contributed by atoms with Crippen molar-refractivity contribution in [3.63, 3.8) is 0 Å². The molecule has 0 aromatic heterocycles. The Morgan fingerprint density at radius 1 is 1.37 bits per heavy atom. The minimum Gasteiger partial charge on any atom is -0.477 e. The lowest BCUT2D eigenvalue weighted by atomic mass is 10.0. The second kappa shape index (κ2) is 7.39. The second-order valence-electron chi connectivity index (χ2n) is 5.88. The summed E-state index contributed by atoms with van der Waals surface area (Å²) in [5.41, 5.74) is -0.151. The number of benzene rings is 1. The second-order valence-corrected chi connectivity index (χ2v) is 6.98. The number of nitrogens with zero attached hydrogens (tertiary/aromatic N) is 1. The highest BCUT2D eigenvalue weighted by atomic mass is 32.2. The van der Waals surface area contributed by atoms with Gasteiger partial charge in [0.15, 0.2) is 0 Å². The maximum Gasteiger partial charge on any atom is 0.352 e. The quantitative estimate of drug-likeness (QED) is 0.559. The van der Waals surface area contributed by atoms with E-state index < -0.39 is 41.0 Å². The fourth-order valence-corrected chi connectivity index (χ4v) is 4.17. The third-order valence-electron chi connectivity index (χ3n) is 4.10. The third kappa shape index (κ3) is 3.52. The van der Waals surface area contributed by atoms with Gasteiger partial charge < -0.3 is 15.2 Å². The normalized spacial score (nSPS) is 21.3. The van der Waals surface area contributed by atoms with E-state index in [0.29, 0.717) is 5.57 Å². The first kappa shape index (κ1) is 18.9. The van der Waals surface area contributed by atoms with Gasteiger partial charge in [-0.1, -0.05) is 12.1 Å². The Hall–Kier alpha value is -2.88. The average Bonchev–Trinajstić information content (AvgIpc) is 2.63. The van der Waals surface area contributed by atoms with E-state index in [4.69, 9.17) is 4.74 Å². The number of hydrogen-bond donors (Lipinski definition) is 2. The molecule has 1 aromatic rings. The van der Waals surface area contributed by atoms with Gasteiger partial charge in [-0.05, 0) is 12.1 Å². The van der Waals surface area contributed by atoms with Crippen molar-refractivity contribution in [1.82, 2.24) is 10.2 Å². The van der Waals surface area contributed by atoms with E-state index in [1.807, 2.05) is 0 Å². The van der Waals surface area contributed by atoms with Crippen LogP contribution in [-0.2, 0) is 19.1 Å². The summed E-state index contributed by atoms with van der Waals surface area (Å²) in [6.07, 6.45) is 0. The Kier molecular flexibility index (Phi) is 5.17. The topological polar surface area (TPSA) is 113 Å². The van der Waals surface area contributed by atoms with Crippen molar-refractivity contribution < 1.29 is 33.4 Å². The van der Waals surface area contributed by atoms with Gasteiger partial charge in [0.1, 0.15) is 29.5 Å². The van der Waals surface area contributed by atoms with Gasteiger partial charge >= 0.3 is 11.9 Å². The molecule has 0 spiro atoms. The van der Waals surface area contributed by atoms with E-state index in [9.17, 15) is 28.7 Å². The van der Waals surface area contributed by atoms with Gasteiger partial charge in [-0.15, -0.1) is 11.8 Å². The van der Waals surface area contributed by atoms with E-state index in [0.717, 1.165) is 11.0 Å². The summed E-state index contributed by atoms with van der Waals surface area (Å²) in [6, 6.07) is 4.39. The van der Waals surface area contributed by atoms with Gasteiger partial charge in [-0.25, -0.2) is 9.18 Å². The Morgan fingerprint density at radius 2 is 2.07 bits per heavy atom. The van der Waals surface area contributed by atoms with Crippen LogP contribution in [-0.4, -0.2) is 57.5 Å². The number of aliphatic carboxylic acids is 1. The van der Waals surface area contributed by atoms with Crippen LogP contribution in [0, 0.1) is 5.82 Å². The van der Waals surface area contributed by atoms with E-state index >= 15 is 0 Å². The number of nitrogens with one attached hydrogen (secondary N) is 1. The standard InChI is InChI=1S/C17H15FN2O6S/c1-8(21)26-6-9-7-27-16-12(15(23)20(16)13(9)17(24)25)19-14(22)10-4-2-3-5-11(10)18/h2-5,12,16H,6-7H2,1H3,(H,19,22)(H,24,25)/t12-,16+/m0/s1. The number of β-lactam (4-membered cyclic amide) rings is 1. The maximum absolute atomic E-state index is 13.7. The van der Waals surface area contributed by atoms with E-state index in [1.165, 1.54) is 36.9 Å². The average molecular weight is 394 g/mol. The highest BCUT2D eigenvalue weighted by molar-refractivity contribution is 8.00. The number of thioether (sulfide) groups is 1. The molecule has 0 radical (unpaired) electrons. The molecule has 2 amide bonds. The zero-order valence-corrected chi connectivity index (χ0v) is 14.9. The number of fused-ring (bicyclic) bond motifs is 1. The van der Waals surface area contributed by atoms with Crippen LogP contribution in [0.15, 0.2) is 35.5 Å². The number of carboxylic acid groups (broad SMARTS) is 1. The number of halogens is 1. The third-order valence-corrected chi connectivity index (χ3v) is 5.44. The zero-order chi connectivity index (χ0) is 19.7. The molecule has 1 saturated heterocycles. The lowest BCUT2D eigenvalue weighted by Gasteiger charge is -2.49. The smallest absolute Gasteiger partial charge is 0.352 e. The van der Waals surface area contributed by atoms with Crippen molar-refractivity contribution in [3.8, 4) is 0 Å². The fraction of sp³-hybridized carbons (Fsp3) is 0.294. The minimum absolute atomic E-state index is 0.200. The molecule has 0 bridgehead atoms. The number of esters is 1. The number of hydrogen-bond acceptors (Lipinski definition) is 6. The first-order valence-corrected chi connectivity index (χ1v) is 8.95. The minimum atomic E-state index is -1.32. The highest BCUT2D eigenvalue weighted by Crippen LogP contribution is 2.40. The van der Waals surface area contributed by atoms with E-state index in [-0.39, 0.29) is 23.6 Å². The number of rotatable bonds is 5. The molecule has 2 N–H and O–H groups in total. The van der Waals surface area contributed by atoms with Crippen molar-refractivity contribution in [2.75, 3.05) is 12.4 Å². The molecular formula is C17H15FN2O6S. The summed E-state index contributed by atoms with van der Waals surface area (Å²) >= 11 is 1.23. The maximum atomic E-state index is 13.7. The van der Waals surface area contributed by atoms with Gasteiger partial charge in [0.25, 0.3) is 11.8 Å². The number of amides is 2. The molecule has 2 atom stereocenters. The van der Waals surface area contributed by atoms with Crippen LogP contribution in [0.4, 0.5) is 4.39 Å². The van der Waals surface area contributed by atoms with Gasteiger partial charge in [-0.2, -0.15) is 0 Å². The lowest BCUT2D eigenvalue weighted by Crippen LogP contribution is -2.70. The first-order chi connectivity index (χ1) is 12.8. The van der Waals surface area contributed by atoms with E-state index in [1.54, 1.807) is 0 Å². The van der Waals surface area contributed by atoms with Crippen LogP contribution in [0.3, 0.4) is 0 Å². The number of ether oxygens (including phenoxy) is 1. The van der Waals surface area contributed by atoms with Crippen LogP contribution >= 0.6 is 11.8 Å². The van der Waals surface area contributed by atoms with Crippen LogP contribution in [0.25, 0.3) is 0 Å². The Morgan fingerprint density at radius 3 is 2.70 bits per heavy atom. The molecular weight excluding hydrogens is 379 g/mol. The zero-order valence-electron chi connectivity index (χ0n) is 14.1. The fourth-order valence-electron chi connectivity index (χ4n) is 2.85. The molecule has 2 aliphatic rings. The largest absolute Gasteiger partial charge is 0.477 e. The van der Waals surface area contributed by atoms with Gasteiger partial charge in [0.2, 0.25) is 0 Å². The Labute approximate surface area is 157 Å². The van der Waals surface area contributed by atoms with Crippen molar-refractivity contribution >= 4 is 35.5 Å². The van der Waals surface area contributed by atoms with Crippen LogP contribution in [0.2, 0.25) is 0 Å².